The van der Waals surface area contributed by atoms with Gasteiger partial charge in [-0.25, -0.2) is 0 Å². The van der Waals surface area contributed by atoms with Crippen LogP contribution in [-0.4, -0.2) is 17.6 Å². The Morgan fingerprint density at radius 1 is 1.44 bits per heavy atom. The summed E-state index contributed by atoms with van der Waals surface area (Å²) in [4.78, 5) is 15.2. The van der Waals surface area contributed by atoms with Gasteiger partial charge in [0.2, 0.25) is 5.91 Å². The summed E-state index contributed by atoms with van der Waals surface area (Å²) in [6, 6.07) is 3.47. The van der Waals surface area contributed by atoms with Crippen molar-refractivity contribution in [3.8, 4) is 5.75 Å². The molecule has 0 aliphatic rings. The zero-order valence-electron chi connectivity index (χ0n) is 8.17. The lowest BCUT2D eigenvalue weighted by molar-refractivity contribution is -0.125. The van der Waals surface area contributed by atoms with Gasteiger partial charge in [-0.3, -0.25) is 9.63 Å². The molecule has 0 heterocycles. The smallest absolute Gasteiger partial charge is 0.245 e. The number of halogens is 2. The second-order valence-electron chi connectivity index (χ2n) is 2.98. The maximum absolute atomic E-state index is 10.4. The Hall–Kier alpha value is -0.630. The summed E-state index contributed by atoms with van der Waals surface area (Å²) < 4.78 is 1.15. The quantitative estimate of drug-likeness (QED) is 0.552. The summed E-state index contributed by atoms with van der Waals surface area (Å²) in [5.41, 5.74) is 8.35. The number of carbonyl (C=O) groups is 1. The van der Waals surface area contributed by atoms with Crippen LogP contribution in [0.1, 0.15) is 5.56 Å². The minimum Gasteiger partial charge on any atom is -0.506 e. The van der Waals surface area contributed by atoms with E-state index in [9.17, 15) is 9.90 Å². The number of nitrogens with two attached hydrogens (primary N) is 1. The topological polar surface area (TPSA) is 84.6 Å². The number of amides is 1. The van der Waals surface area contributed by atoms with Crippen LogP contribution in [0.5, 0.6) is 5.75 Å². The Labute approximate surface area is 109 Å². The molecule has 0 radical (unpaired) electrons. The molecule has 1 aromatic carbocycles. The van der Waals surface area contributed by atoms with E-state index in [0.29, 0.717) is 15.5 Å². The molecule has 0 saturated heterocycles. The molecule has 16 heavy (non-hydrogen) atoms. The van der Waals surface area contributed by atoms with Crippen LogP contribution in [-0.2, 0) is 16.2 Å². The fourth-order valence-electron chi connectivity index (χ4n) is 0.977. The monoisotopic (exact) mass is 352 g/mol. The normalized spacial score (nSPS) is 10.4. The van der Waals surface area contributed by atoms with Crippen molar-refractivity contribution in [1.82, 2.24) is 5.48 Å². The highest BCUT2D eigenvalue weighted by Gasteiger charge is 2.05. The van der Waals surface area contributed by atoms with E-state index in [1.807, 2.05) is 0 Å². The number of rotatable bonds is 5. The molecule has 0 saturated carbocycles. The van der Waals surface area contributed by atoms with Crippen LogP contribution < -0.4 is 11.2 Å². The van der Waals surface area contributed by atoms with E-state index in [2.05, 4.69) is 37.3 Å². The third-order valence-corrected chi connectivity index (χ3v) is 2.88. The SMILES string of the molecule is NC(=O)CONCc1cc(Br)c(O)c(Br)c1. The molecule has 0 fully saturated rings. The lowest BCUT2D eigenvalue weighted by Crippen LogP contribution is -2.24. The number of phenolic OH excluding ortho intramolecular Hbond substituents is 1. The highest BCUT2D eigenvalue weighted by Crippen LogP contribution is 2.33. The molecule has 7 heteroatoms. The maximum Gasteiger partial charge on any atom is 0.245 e. The predicted molar refractivity (Wildman–Crippen MR) is 65.5 cm³/mol. The fraction of sp³-hybridized carbons (Fsp3) is 0.222. The first-order valence-electron chi connectivity index (χ1n) is 4.30. The third-order valence-electron chi connectivity index (χ3n) is 1.67. The van der Waals surface area contributed by atoms with Crippen molar-refractivity contribution >= 4 is 37.8 Å². The lowest BCUT2D eigenvalue weighted by Gasteiger charge is -2.07. The number of hydrogen-bond acceptors (Lipinski definition) is 4. The fourth-order valence-corrected chi connectivity index (χ4v) is 2.26. The van der Waals surface area contributed by atoms with Gasteiger partial charge in [0.25, 0.3) is 0 Å². The Kier molecular flexibility index (Phi) is 5.20. The van der Waals surface area contributed by atoms with E-state index in [1.54, 1.807) is 12.1 Å². The summed E-state index contributed by atoms with van der Waals surface area (Å²) in [6.07, 6.45) is 0. The standard InChI is InChI=1S/C9H10Br2N2O3/c10-6-1-5(2-7(11)9(6)15)3-13-16-4-8(12)14/h1-2,13,15H,3-4H2,(H2,12,14). The number of primary amides is 1. The van der Waals surface area contributed by atoms with Gasteiger partial charge in [0.1, 0.15) is 12.4 Å². The molecule has 1 aromatic rings. The summed E-state index contributed by atoms with van der Waals surface area (Å²) in [5.74, 6) is -0.401. The van der Waals surface area contributed by atoms with Gasteiger partial charge in [-0.1, -0.05) is 0 Å². The van der Waals surface area contributed by atoms with Gasteiger partial charge in [-0.2, -0.15) is 5.48 Å². The molecule has 88 valence electrons. The first-order chi connectivity index (χ1) is 7.50. The first kappa shape index (κ1) is 13.4. The largest absolute Gasteiger partial charge is 0.506 e. The average molecular weight is 354 g/mol. The number of hydroxylamine groups is 1. The van der Waals surface area contributed by atoms with E-state index >= 15 is 0 Å². The van der Waals surface area contributed by atoms with Crippen LogP contribution in [0.25, 0.3) is 0 Å². The Morgan fingerprint density at radius 2 is 2.00 bits per heavy atom. The molecule has 0 aromatic heterocycles. The molecule has 0 atom stereocenters. The van der Waals surface area contributed by atoms with E-state index in [-0.39, 0.29) is 12.4 Å². The molecule has 0 aliphatic carbocycles. The van der Waals surface area contributed by atoms with Crippen molar-refractivity contribution < 1.29 is 14.7 Å². The molecule has 0 aliphatic heterocycles. The van der Waals surface area contributed by atoms with Crippen LogP contribution >= 0.6 is 31.9 Å². The Balaban J connectivity index is 2.52. The summed E-state index contributed by atoms with van der Waals surface area (Å²) in [6.45, 7) is 0.213. The predicted octanol–water partition coefficient (Wildman–Crippen LogP) is 1.42. The van der Waals surface area contributed by atoms with Crippen molar-refractivity contribution in [2.45, 2.75) is 6.54 Å². The average Bonchev–Trinajstić information content (AvgIpc) is 2.20. The van der Waals surface area contributed by atoms with Crippen molar-refractivity contribution in [2.24, 2.45) is 5.73 Å². The van der Waals surface area contributed by atoms with E-state index in [1.165, 1.54) is 0 Å². The molecule has 0 bridgehead atoms. The molecule has 1 rings (SSSR count). The highest BCUT2D eigenvalue weighted by molar-refractivity contribution is 9.11. The third kappa shape index (κ3) is 4.09. The number of hydrogen-bond donors (Lipinski definition) is 3. The van der Waals surface area contributed by atoms with E-state index in [4.69, 9.17) is 10.6 Å². The molecular weight excluding hydrogens is 344 g/mol. The molecule has 0 spiro atoms. The summed E-state index contributed by atoms with van der Waals surface area (Å²) in [7, 11) is 0. The van der Waals surface area contributed by atoms with Crippen LogP contribution in [0.3, 0.4) is 0 Å². The second-order valence-corrected chi connectivity index (χ2v) is 4.69. The van der Waals surface area contributed by atoms with Gasteiger partial charge in [-0.05, 0) is 49.6 Å². The van der Waals surface area contributed by atoms with Crippen LogP contribution in [0.2, 0.25) is 0 Å². The molecule has 0 unspecified atom stereocenters. The number of carbonyl (C=O) groups excluding carboxylic acids is 1. The summed E-state index contributed by atoms with van der Waals surface area (Å²) >= 11 is 6.41. The zero-order chi connectivity index (χ0) is 12.1. The number of nitrogens with one attached hydrogen (secondary N) is 1. The zero-order valence-corrected chi connectivity index (χ0v) is 11.3. The van der Waals surface area contributed by atoms with Crippen molar-refractivity contribution in [3.05, 3.63) is 26.6 Å². The van der Waals surface area contributed by atoms with E-state index < -0.39 is 5.91 Å². The van der Waals surface area contributed by atoms with Crippen molar-refractivity contribution in [1.29, 1.82) is 0 Å². The van der Waals surface area contributed by atoms with Gasteiger partial charge >= 0.3 is 0 Å². The minimum absolute atomic E-state index is 0.141. The van der Waals surface area contributed by atoms with Gasteiger partial charge in [-0.15, -0.1) is 0 Å². The van der Waals surface area contributed by atoms with Gasteiger partial charge in [0.05, 0.1) is 8.95 Å². The van der Waals surface area contributed by atoms with E-state index in [0.717, 1.165) is 5.56 Å². The van der Waals surface area contributed by atoms with Crippen LogP contribution in [0.15, 0.2) is 21.1 Å². The minimum atomic E-state index is -0.541. The highest BCUT2D eigenvalue weighted by atomic mass is 79.9. The number of phenols is 1. The Morgan fingerprint density at radius 3 is 2.50 bits per heavy atom. The van der Waals surface area contributed by atoms with Gasteiger partial charge < -0.3 is 10.8 Å². The molecule has 4 N–H and O–H groups in total. The van der Waals surface area contributed by atoms with Crippen molar-refractivity contribution in [3.63, 3.8) is 0 Å². The molecule has 5 nitrogen and oxygen atoms in total. The maximum atomic E-state index is 10.4. The van der Waals surface area contributed by atoms with Crippen LogP contribution in [0, 0.1) is 0 Å². The lowest BCUT2D eigenvalue weighted by atomic mass is 10.2. The molecular formula is C9H10Br2N2O3. The van der Waals surface area contributed by atoms with Gasteiger partial charge in [0.15, 0.2) is 0 Å². The Bertz CT molecular complexity index is 375. The van der Waals surface area contributed by atoms with Crippen LogP contribution in [0.4, 0.5) is 0 Å². The first-order valence-corrected chi connectivity index (χ1v) is 5.89. The molecule has 1 amide bonds. The summed E-state index contributed by atoms with van der Waals surface area (Å²) in [5, 5.41) is 9.47. The number of benzene rings is 1. The van der Waals surface area contributed by atoms with Gasteiger partial charge in [0, 0.05) is 6.54 Å². The second kappa shape index (κ2) is 6.19. The number of aromatic hydroxyl groups is 1. The van der Waals surface area contributed by atoms with Crippen molar-refractivity contribution in [2.75, 3.05) is 6.61 Å².